The average Bonchev–Trinajstić information content (AvgIpc) is 2.75. The number of hydrogen-bond acceptors (Lipinski definition) is 6. The van der Waals surface area contributed by atoms with Crippen molar-refractivity contribution in [3.63, 3.8) is 0 Å². The molecule has 0 aliphatic carbocycles. The van der Waals surface area contributed by atoms with Gasteiger partial charge < -0.3 is 24.1 Å². The van der Waals surface area contributed by atoms with E-state index in [1.807, 2.05) is 48.5 Å². The zero-order chi connectivity index (χ0) is 22.9. The lowest BCUT2D eigenvalue weighted by atomic mass is 9.78. The largest absolute Gasteiger partial charge is 0.491 e. The van der Waals surface area contributed by atoms with Crippen molar-refractivity contribution in [1.82, 2.24) is 0 Å². The monoisotopic (exact) mass is 450 g/mol. The molecule has 0 aliphatic rings. The second-order valence-corrected chi connectivity index (χ2v) is 8.10. The number of carbonyl (C=O) groups excluding carboxylic acids is 1. The van der Waals surface area contributed by atoms with Gasteiger partial charge in [0, 0.05) is 19.4 Å². The van der Waals surface area contributed by atoms with Gasteiger partial charge in [-0.3, -0.25) is 4.79 Å². The smallest absolute Gasteiger partial charge is 0.303 e. The Morgan fingerprint density at radius 3 is 1.84 bits per heavy atom. The first kappa shape index (κ1) is 25.0. The van der Waals surface area contributed by atoms with Crippen LogP contribution in [0.5, 0.6) is 11.5 Å². The molecule has 0 heterocycles. The van der Waals surface area contributed by atoms with E-state index in [-0.39, 0.29) is 37.1 Å². The standard InChI is InChI=1S/C24H31ClO6/c1-17(26)31-23(13-25)16-30-22-11-7-19(8-12-22)24(2,3)18-5-9-21(10-6-18)29-15-20(27)14-28-4/h5-12,20,23,27H,13-16H2,1-4H3/t20-,23-/m0/s1. The molecule has 0 unspecified atom stereocenters. The Morgan fingerprint density at radius 1 is 0.935 bits per heavy atom. The van der Waals surface area contributed by atoms with Gasteiger partial charge >= 0.3 is 5.97 Å². The van der Waals surface area contributed by atoms with Crippen LogP contribution in [0.3, 0.4) is 0 Å². The summed E-state index contributed by atoms with van der Waals surface area (Å²) in [6.45, 7) is 6.25. The van der Waals surface area contributed by atoms with Gasteiger partial charge in [-0.2, -0.15) is 0 Å². The Morgan fingerprint density at radius 2 is 1.42 bits per heavy atom. The number of ether oxygens (including phenoxy) is 4. The van der Waals surface area contributed by atoms with Gasteiger partial charge in [-0.05, 0) is 35.4 Å². The van der Waals surface area contributed by atoms with Gasteiger partial charge in [0.2, 0.25) is 0 Å². The molecule has 6 nitrogen and oxygen atoms in total. The van der Waals surface area contributed by atoms with E-state index in [2.05, 4.69) is 13.8 Å². The van der Waals surface area contributed by atoms with Crippen molar-refractivity contribution in [2.45, 2.75) is 38.4 Å². The lowest BCUT2D eigenvalue weighted by Gasteiger charge is -2.26. The zero-order valence-electron chi connectivity index (χ0n) is 18.5. The Balaban J connectivity index is 1.99. The van der Waals surface area contributed by atoms with Crippen molar-refractivity contribution >= 4 is 17.6 Å². The summed E-state index contributed by atoms with van der Waals surface area (Å²) in [7, 11) is 1.54. The number of hydrogen-bond donors (Lipinski definition) is 1. The minimum Gasteiger partial charge on any atom is -0.491 e. The van der Waals surface area contributed by atoms with E-state index in [0.717, 1.165) is 11.1 Å². The lowest BCUT2D eigenvalue weighted by Crippen LogP contribution is -2.25. The highest BCUT2D eigenvalue weighted by atomic mass is 35.5. The molecule has 0 aliphatic heterocycles. The summed E-state index contributed by atoms with van der Waals surface area (Å²) >= 11 is 5.81. The van der Waals surface area contributed by atoms with E-state index in [1.165, 1.54) is 6.92 Å². The maximum atomic E-state index is 11.1. The number of alkyl halides is 1. The van der Waals surface area contributed by atoms with Crippen LogP contribution in [-0.4, -0.2) is 56.1 Å². The van der Waals surface area contributed by atoms with Crippen LogP contribution in [-0.2, 0) is 19.7 Å². The number of aliphatic hydroxyl groups excluding tert-OH is 1. The summed E-state index contributed by atoms with van der Waals surface area (Å²) in [5.74, 6) is 1.17. The fourth-order valence-electron chi connectivity index (χ4n) is 3.07. The molecule has 2 rings (SSSR count). The van der Waals surface area contributed by atoms with Crippen molar-refractivity contribution in [1.29, 1.82) is 0 Å². The van der Waals surface area contributed by atoms with Crippen LogP contribution < -0.4 is 9.47 Å². The summed E-state index contributed by atoms with van der Waals surface area (Å²) < 4.78 is 21.3. The number of rotatable bonds is 12. The Labute approximate surface area is 189 Å². The summed E-state index contributed by atoms with van der Waals surface area (Å²) in [4.78, 5) is 11.1. The van der Waals surface area contributed by atoms with E-state index < -0.39 is 12.2 Å². The average molecular weight is 451 g/mol. The van der Waals surface area contributed by atoms with Gasteiger partial charge in [0.25, 0.3) is 0 Å². The number of esters is 1. The maximum absolute atomic E-state index is 11.1. The van der Waals surface area contributed by atoms with Gasteiger partial charge in [-0.1, -0.05) is 38.1 Å². The van der Waals surface area contributed by atoms with Crippen molar-refractivity contribution in [3.05, 3.63) is 59.7 Å². The van der Waals surface area contributed by atoms with E-state index in [4.69, 9.17) is 30.5 Å². The molecule has 0 spiro atoms. The van der Waals surface area contributed by atoms with Crippen molar-refractivity contribution < 1.29 is 28.8 Å². The van der Waals surface area contributed by atoms with E-state index in [1.54, 1.807) is 7.11 Å². The number of halogens is 1. The molecule has 0 amide bonds. The highest BCUT2D eigenvalue weighted by Crippen LogP contribution is 2.33. The number of aliphatic hydroxyl groups is 1. The second kappa shape index (κ2) is 11.9. The van der Waals surface area contributed by atoms with Crippen LogP contribution in [0.15, 0.2) is 48.5 Å². The van der Waals surface area contributed by atoms with Crippen molar-refractivity contribution in [2.24, 2.45) is 0 Å². The van der Waals surface area contributed by atoms with Crippen LogP contribution in [0.2, 0.25) is 0 Å². The third kappa shape index (κ3) is 7.73. The molecule has 2 aromatic carbocycles. The topological polar surface area (TPSA) is 74.2 Å². The third-order valence-electron chi connectivity index (χ3n) is 4.89. The first-order valence-electron chi connectivity index (χ1n) is 10.1. The molecule has 0 radical (unpaired) electrons. The predicted octanol–water partition coefficient (Wildman–Crippen LogP) is 3.95. The molecule has 0 bridgehead atoms. The molecule has 170 valence electrons. The highest BCUT2D eigenvalue weighted by molar-refractivity contribution is 6.18. The summed E-state index contributed by atoms with van der Waals surface area (Å²) in [5.41, 5.74) is 2.02. The molecular formula is C24H31ClO6. The molecule has 0 saturated carbocycles. The van der Waals surface area contributed by atoms with Gasteiger partial charge in [-0.25, -0.2) is 0 Å². The number of methoxy groups -OCH3 is 1. The SMILES string of the molecule is COC[C@H](O)COc1ccc(C(C)(C)c2ccc(OC[C@H](CCl)OC(C)=O)cc2)cc1. The van der Waals surface area contributed by atoms with E-state index in [9.17, 15) is 9.90 Å². The molecule has 7 heteroatoms. The number of benzene rings is 2. The first-order chi connectivity index (χ1) is 14.8. The van der Waals surface area contributed by atoms with Crippen molar-refractivity contribution in [3.8, 4) is 11.5 Å². The van der Waals surface area contributed by atoms with Crippen LogP contribution >= 0.6 is 11.6 Å². The maximum Gasteiger partial charge on any atom is 0.303 e. The predicted molar refractivity (Wildman–Crippen MR) is 120 cm³/mol. The Hall–Kier alpha value is -2.28. The molecule has 2 atom stereocenters. The van der Waals surface area contributed by atoms with Crippen LogP contribution in [0.1, 0.15) is 31.9 Å². The van der Waals surface area contributed by atoms with Gasteiger partial charge in [0.05, 0.1) is 12.5 Å². The van der Waals surface area contributed by atoms with Crippen LogP contribution in [0.4, 0.5) is 0 Å². The Kier molecular flexibility index (Phi) is 9.62. The van der Waals surface area contributed by atoms with Crippen molar-refractivity contribution in [2.75, 3.05) is 32.8 Å². The number of carbonyl (C=O) groups is 1. The Bertz CT molecular complexity index is 804. The lowest BCUT2D eigenvalue weighted by molar-refractivity contribution is -0.146. The van der Waals surface area contributed by atoms with Crippen LogP contribution in [0.25, 0.3) is 0 Å². The second-order valence-electron chi connectivity index (χ2n) is 7.79. The van der Waals surface area contributed by atoms with Gasteiger partial charge in [-0.15, -0.1) is 11.6 Å². The normalized spacial score (nSPS) is 13.4. The molecule has 0 saturated heterocycles. The minimum atomic E-state index is -0.657. The molecule has 31 heavy (non-hydrogen) atoms. The molecule has 0 fully saturated rings. The molecule has 0 aromatic heterocycles. The zero-order valence-corrected chi connectivity index (χ0v) is 19.2. The molecular weight excluding hydrogens is 420 g/mol. The fraction of sp³-hybridized carbons (Fsp3) is 0.458. The summed E-state index contributed by atoms with van der Waals surface area (Å²) in [6, 6.07) is 15.7. The van der Waals surface area contributed by atoms with E-state index in [0.29, 0.717) is 11.5 Å². The fourth-order valence-corrected chi connectivity index (χ4v) is 3.22. The van der Waals surface area contributed by atoms with Crippen LogP contribution in [0, 0.1) is 0 Å². The molecule has 1 N–H and O–H groups in total. The van der Waals surface area contributed by atoms with Gasteiger partial charge in [0.1, 0.15) is 36.9 Å². The first-order valence-corrected chi connectivity index (χ1v) is 10.7. The van der Waals surface area contributed by atoms with Gasteiger partial charge in [0.15, 0.2) is 0 Å². The quantitative estimate of drug-likeness (QED) is 0.390. The minimum absolute atomic E-state index is 0.176. The molecule has 2 aromatic rings. The summed E-state index contributed by atoms with van der Waals surface area (Å²) in [6.07, 6.45) is -1.14. The third-order valence-corrected chi connectivity index (χ3v) is 5.24. The highest BCUT2D eigenvalue weighted by Gasteiger charge is 2.23. The van der Waals surface area contributed by atoms with E-state index >= 15 is 0 Å². The summed E-state index contributed by atoms with van der Waals surface area (Å²) in [5, 5.41) is 9.70.